The highest BCUT2D eigenvalue weighted by atomic mass is 16.5. The molecule has 3 heteroatoms. The van der Waals surface area contributed by atoms with Gasteiger partial charge in [0.1, 0.15) is 0 Å². The zero-order valence-electron chi connectivity index (χ0n) is 16.2. The summed E-state index contributed by atoms with van der Waals surface area (Å²) >= 11 is 0. The highest BCUT2D eigenvalue weighted by molar-refractivity contribution is 6.03. The summed E-state index contributed by atoms with van der Waals surface area (Å²) in [5, 5.41) is 0. The Morgan fingerprint density at radius 3 is 2.39 bits per heavy atom. The van der Waals surface area contributed by atoms with Gasteiger partial charge in [0.05, 0.1) is 19.3 Å². The zero-order chi connectivity index (χ0) is 19.1. The number of ether oxygens (including phenoxy) is 2. The van der Waals surface area contributed by atoms with E-state index in [1.807, 2.05) is 19.1 Å². The normalized spacial score (nSPS) is 30.1. The van der Waals surface area contributed by atoms with Crippen LogP contribution in [-0.4, -0.2) is 18.7 Å². The van der Waals surface area contributed by atoms with Gasteiger partial charge in [-0.25, -0.2) is 4.79 Å². The van der Waals surface area contributed by atoms with Crippen LogP contribution in [0.3, 0.4) is 0 Å². The summed E-state index contributed by atoms with van der Waals surface area (Å²) < 4.78 is 11.8. The van der Waals surface area contributed by atoms with Crippen LogP contribution >= 0.6 is 0 Å². The van der Waals surface area contributed by atoms with E-state index in [2.05, 4.69) is 48.5 Å². The molecule has 28 heavy (non-hydrogen) atoms. The predicted molar refractivity (Wildman–Crippen MR) is 108 cm³/mol. The van der Waals surface area contributed by atoms with Crippen LogP contribution in [0.25, 0.3) is 5.57 Å². The van der Waals surface area contributed by atoms with Gasteiger partial charge in [-0.05, 0) is 54.2 Å². The summed E-state index contributed by atoms with van der Waals surface area (Å²) in [6.07, 6.45) is 2.51. The second-order valence-electron chi connectivity index (χ2n) is 8.20. The molecule has 5 rings (SSSR count). The van der Waals surface area contributed by atoms with Gasteiger partial charge in [-0.15, -0.1) is 0 Å². The minimum atomic E-state index is -0.128. The molecule has 2 saturated carbocycles. The third-order valence-corrected chi connectivity index (χ3v) is 6.79. The average Bonchev–Trinajstić information content (AvgIpc) is 3.23. The lowest BCUT2D eigenvalue weighted by Crippen LogP contribution is -2.43. The molecule has 3 aliphatic rings. The summed E-state index contributed by atoms with van der Waals surface area (Å²) in [4.78, 5) is 12.8. The number of hydrogen-bond donors (Lipinski definition) is 0. The van der Waals surface area contributed by atoms with Gasteiger partial charge in [0.25, 0.3) is 0 Å². The maximum Gasteiger partial charge on any atom is 0.334 e. The van der Waals surface area contributed by atoms with Gasteiger partial charge in [-0.1, -0.05) is 60.7 Å². The summed E-state index contributed by atoms with van der Waals surface area (Å²) in [5.74, 6) is 1.71. The van der Waals surface area contributed by atoms with Gasteiger partial charge >= 0.3 is 5.97 Å². The summed E-state index contributed by atoms with van der Waals surface area (Å²) in [7, 11) is 0. The second-order valence-corrected chi connectivity index (χ2v) is 8.20. The van der Waals surface area contributed by atoms with Crippen molar-refractivity contribution in [1.82, 2.24) is 0 Å². The van der Waals surface area contributed by atoms with Crippen molar-refractivity contribution >= 4 is 11.5 Å². The third-order valence-electron chi connectivity index (χ3n) is 6.79. The molecule has 0 heterocycles. The standard InChI is InChI=1S/C25H26O3/c1-2-27-25(26)24-21(17-11-7-4-8-12-17)22-18-13-19(23(22)24)20(14-18)28-15-16-9-5-3-6-10-16/h3-12,18-20,22-23H,2,13-15H2,1H3/t18-,19+,20+,22+,23+/m1/s1. The molecule has 5 atom stereocenters. The number of hydrogen-bond acceptors (Lipinski definition) is 3. The smallest absolute Gasteiger partial charge is 0.334 e. The molecule has 0 N–H and O–H groups in total. The van der Waals surface area contributed by atoms with Crippen molar-refractivity contribution in [2.45, 2.75) is 32.5 Å². The third kappa shape index (κ3) is 2.80. The van der Waals surface area contributed by atoms with Gasteiger partial charge < -0.3 is 9.47 Å². The van der Waals surface area contributed by atoms with E-state index in [9.17, 15) is 4.79 Å². The Kier molecular flexibility index (Phi) is 4.56. The number of rotatable bonds is 6. The molecule has 3 nitrogen and oxygen atoms in total. The van der Waals surface area contributed by atoms with E-state index in [4.69, 9.17) is 9.47 Å². The lowest BCUT2D eigenvalue weighted by molar-refractivity contribution is -0.140. The quantitative estimate of drug-likeness (QED) is 0.677. The first-order valence-corrected chi connectivity index (χ1v) is 10.4. The summed E-state index contributed by atoms with van der Waals surface area (Å²) in [5.41, 5.74) is 4.54. The van der Waals surface area contributed by atoms with Crippen molar-refractivity contribution in [2.75, 3.05) is 6.61 Å². The molecule has 0 aromatic heterocycles. The zero-order valence-corrected chi connectivity index (χ0v) is 16.2. The van der Waals surface area contributed by atoms with Crippen LogP contribution in [0.5, 0.6) is 0 Å². The first-order valence-electron chi connectivity index (χ1n) is 10.4. The largest absolute Gasteiger partial charge is 0.463 e. The van der Waals surface area contributed by atoms with E-state index in [1.54, 1.807) is 0 Å². The molecule has 2 aromatic rings. The lowest BCUT2D eigenvalue weighted by Gasteiger charge is -2.46. The Labute approximate surface area is 166 Å². The Morgan fingerprint density at radius 2 is 1.68 bits per heavy atom. The van der Waals surface area contributed by atoms with Crippen molar-refractivity contribution in [3.05, 3.63) is 77.4 Å². The van der Waals surface area contributed by atoms with Crippen LogP contribution in [0.2, 0.25) is 0 Å². The number of allylic oxidation sites excluding steroid dienone is 1. The fraction of sp³-hybridized carbons (Fsp3) is 0.400. The number of esters is 1. The molecule has 144 valence electrons. The lowest BCUT2D eigenvalue weighted by atomic mass is 9.59. The topological polar surface area (TPSA) is 35.5 Å². The monoisotopic (exact) mass is 374 g/mol. The molecule has 2 fully saturated rings. The van der Waals surface area contributed by atoms with Crippen LogP contribution in [0.1, 0.15) is 30.9 Å². The predicted octanol–water partition coefficient (Wildman–Crippen LogP) is 4.87. The summed E-state index contributed by atoms with van der Waals surface area (Å²) in [6, 6.07) is 20.7. The van der Waals surface area contributed by atoms with Crippen LogP contribution < -0.4 is 0 Å². The van der Waals surface area contributed by atoms with Gasteiger partial charge in [-0.2, -0.15) is 0 Å². The molecular weight excluding hydrogens is 348 g/mol. The maximum atomic E-state index is 12.8. The molecule has 0 spiro atoms. The molecule has 2 aromatic carbocycles. The van der Waals surface area contributed by atoms with E-state index in [-0.39, 0.29) is 12.1 Å². The molecule has 0 amide bonds. The molecule has 2 bridgehead atoms. The van der Waals surface area contributed by atoms with Gasteiger partial charge in [0, 0.05) is 11.5 Å². The highest BCUT2D eigenvalue weighted by Crippen LogP contribution is 2.66. The Balaban J connectivity index is 1.40. The summed E-state index contributed by atoms with van der Waals surface area (Å²) in [6.45, 7) is 2.95. The van der Waals surface area contributed by atoms with E-state index in [0.717, 1.165) is 18.4 Å². The Hall–Kier alpha value is -2.39. The fourth-order valence-electron chi connectivity index (χ4n) is 5.76. The van der Waals surface area contributed by atoms with Crippen molar-refractivity contribution < 1.29 is 14.3 Å². The molecule has 0 saturated heterocycles. The molecule has 0 radical (unpaired) electrons. The number of carbonyl (C=O) groups is 1. The number of benzene rings is 2. The van der Waals surface area contributed by atoms with Crippen LogP contribution in [0.4, 0.5) is 0 Å². The SMILES string of the molecule is CCOC(=O)C1=C(c2ccccc2)[C@@H]2[C@@H]3C[C@H]([C@H]12)[C@@H](OCc1ccccc1)C3. The average molecular weight is 374 g/mol. The molecule has 0 aliphatic heterocycles. The van der Waals surface area contributed by atoms with Crippen LogP contribution in [0.15, 0.2) is 66.2 Å². The maximum absolute atomic E-state index is 12.8. The highest BCUT2D eigenvalue weighted by Gasteiger charge is 2.62. The number of fused-ring (bicyclic) bond motifs is 5. The van der Waals surface area contributed by atoms with Crippen LogP contribution in [0, 0.1) is 23.7 Å². The van der Waals surface area contributed by atoms with Crippen molar-refractivity contribution in [3.63, 3.8) is 0 Å². The van der Waals surface area contributed by atoms with Crippen molar-refractivity contribution in [2.24, 2.45) is 23.7 Å². The Bertz CT molecular complexity index is 887. The minimum absolute atomic E-state index is 0.128. The second kappa shape index (κ2) is 7.21. The van der Waals surface area contributed by atoms with Gasteiger partial charge in [-0.3, -0.25) is 0 Å². The van der Waals surface area contributed by atoms with Gasteiger partial charge in [0.2, 0.25) is 0 Å². The van der Waals surface area contributed by atoms with E-state index < -0.39 is 0 Å². The van der Waals surface area contributed by atoms with E-state index >= 15 is 0 Å². The van der Waals surface area contributed by atoms with Gasteiger partial charge in [0.15, 0.2) is 0 Å². The van der Waals surface area contributed by atoms with Crippen molar-refractivity contribution in [3.8, 4) is 0 Å². The first-order chi connectivity index (χ1) is 13.8. The van der Waals surface area contributed by atoms with Crippen LogP contribution in [-0.2, 0) is 20.9 Å². The number of carbonyl (C=O) groups excluding carboxylic acids is 1. The molecular formula is C25H26O3. The van der Waals surface area contributed by atoms with E-state index in [1.165, 1.54) is 16.7 Å². The Morgan fingerprint density at radius 1 is 0.964 bits per heavy atom. The van der Waals surface area contributed by atoms with E-state index in [0.29, 0.717) is 36.9 Å². The molecule has 0 unspecified atom stereocenters. The van der Waals surface area contributed by atoms with Crippen molar-refractivity contribution in [1.29, 1.82) is 0 Å². The fourth-order valence-corrected chi connectivity index (χ4v) is 5.76. The first kappa shape index (κ1) is 17.7. The molecule has 3 aliphatic carbocycles. The minimum Gasteiger partial charge on any atom is -0.463 e.